The highest BCUT2D eigenvalue weighted by atomic mass is 16.5. The van der Waals surface area contributed by atoms with E-state index in [-0.39, 0.29) is 0 Å². The summed E-state index contributed by atoms with van der Waals surface area (Å²) in [4.78, 5) is 0. The predicted molar refractivity (Wildman–Crippen MR) is 65.2 cm³/mol. The summed E-state index contributed by atoms with van der Waals surface area (Å²) in [6.45, 7) is 2.14. The Balaban J connectivity index is 1.75. The summed E-state index contributed by atoms with van der Waals surface area (Å²) in [6.07, 6.45) is 6.84. The zero-order chi connectivity index (χ0) is 12.1. The summed E-state index contributed by atoms with van der Waals surface area (Å²) in [5.41, 5.74) is 5.80. The van der Waals surface area contributed by atoms with E-state index in [1.54, 1.807) is 6.33 Å². The van der Waals surface area contributed by atoms with Crippen LogP contribution in [0.1, 0.15) is 31.5 Å². The van der Waals surface area contributed by atoms with Crippen molar-refractivity contribution in [2.24, 2.45) is 24.6 Å². The van der Waals surface area contributed by atoms with Crippen molar-refractivity contribution in [1.29, 1.82) is 0 Å². The van der Waals surface area contributed by atoms with Gasteiger partial charge < -0.3 is 15.0 Å². The number of nitrogens with two attached hydrogens (primary N) is 1. The first-order valence-electron chi connectivity index (χ1n) is 6.42. The average Bonchev–Trinajstić information content (AvgIpc) is 2.76. The maximum Gasteiger partial charge on any atom is 0.158 e. The third-order valence-corrected chi connectivity index (χ3v) is 3.74. The van der Waals surface area contributed by atoms with Crippen molar-refractivity contribution in [2.45, 2.75) is 32.3 Å². The molecule has 2 rings (SSSR count). The fourth-order valence-electron chi connectivity index (χ4n) is 2.55. The number of aromatic nitrogens is 3. The zero-order valence-electron chi connectivity index (χ0n) is 10.5. The molecule has 5 heteroatoms. The van der Waals surface area contributed by atoms with Gasteiger partial charge in [-0.15, -0.1) is 10.2 Å². The van der Waals surface area contributed by atoms with Crippen LogP contribution in [-0.2, 0) is 18.4 Å². The Bertz CT molecular complexity index is 339. The molecule has 1 fully saturated rings. The maximum atomic E-state index is 5.80. The van der Waals surface area contributed by atoms with Gasteiger partial charge in [0, 0.05) is 7.05 Å². The van der Waals surface area contributed by atoms with Crippen LogP contribution in [0.15, 0.2) is 6.33 Å². The number of nitrogens with zero attached hydrogens (tertiary/aromatic N) is 3. The van der Waals surface area contributed by atoms with Crippen LogP contribution >= 0.6 is 0 Å². The largest absolute Gasteiger partial charge is 0.373 e. The molecule has 1 aliphatic carbocycles. The van der Waals surface area contributed by atoms with Gasteiger partial charge in [-0.2, -0.15) is 0 Å². The van der Waals surface area contributed by atoms with Crippen LogP contribution in [0.5, 0.6) is 0 Å². The molecule has 17 heavy (non-hydrogen) atoms. The molecule has 1 saturated carbocycles. The number of hydrogen-bond acceptors (Lipinski definition) is 4. The van der Waals surface area contributed by atoms with E-state index in [0.717, 1.165) is 19.0 Å². The summed E-state index contributed by atoms with van der Waals surface area (Å²) in [5.74, 6) is 2.15. The fraction of sp³-hybridized carbons (Fsp3) is 0.833. The quantitative estimate of drug-likeness (QED) is 0.834. The highest BCUT2D eigenvalue weighted by Crippen LogP contribution is 2.29. The molecule has 0 aromatic carbocycles. The molecule has 1 aliphatic rings. The molecule has 1 aromatic heterocycles. The lowest BCUT2D eigenvalue weighted by Gasteiger charge is -2.30. The third-order valence-electron chi connectivity index (χ3n) is 3.74. The molecule has 2 N–H and O–H groups in total. The SMILES string of the molecule is Cn1cnnc1COCC1CCCCC1CN. The molecule has 1 aromatic rings. The van der Waals surface area contributed by atoms with Gasteiger partial charge in [0.2, 0.25) is 0 Å². The van der Waals surface area contributed by atoms with Gasteiger partial charge in [0.1, 0.15) is 12.9 Å². The number of ether oxygens (including phenoxy) is 1. The van der Waals surface area contributed by atoms with Crippen molar-refractivity contribution in [3.8, 4) is 0 Å². The molecular formula is C12H22N4O. The molecule has 0 saturated heterocycles. The van der Waals surface area contributed by atoms with Gasteiger partial charge >= 0.3 is 0 Å². The molecule has 2 atom stereocenters. The minimum atomic E-state index is 0.546. The van der Waals surface area contributed by atoms with Crippen molar-refractivity contribution >= 4 is 0 Å². The van der Waals surface area contributed by atoms with Crippen LogP contribution in [0, 0.1) is 11.8 Å². The topological polar surface area (TPSA) is 66.0 Å². The first kappa shape index (κ1) is 12.5. The van der Waals surface area contributed by atoms with Gasteiger partial charge in [0.25, 0.3) is 0 Å². The van der Waals surface area contributed by atoms with Crippen molar-refractivity contribution < 1.29 is 4.74 Å². The highest BCUT2D eigenvalue weighted by Gasteiger charge is 2.23. The van der Waals surface area contributed by atoms with E-state index in [9.17, 15) is 0 Å². The summed E-state index contributed by atoms with van der Waals surface area (Å²) >= 11 is 0. The molecule has 2 unspecified atom stereocenters. The molecule has 0 aliphatic heterocycles. The van der Waals surface area contributed by atoms with Crippen molar-refractivity contribution in [3.63, 3.8) is 0 Å². The van der Waals surface area contributed by atoms with Crippen LogP contribution in [0.25, 0.3) is 0 Å². The lowest BCUT2D eigenvalue weighted by Crippen LogP contribution is -2.29. The summed E-state index contributed by atoms with van der Waals surface area (Å²) in [7, 11) is 1.93. The van der Waals surface area contributed by atoms with E-state index in [2.05, 4.69) is 10.2 Å². The summed E-state index contributed by atoms with van der Waals surface area (Å²) < 4.78 is 7.64. The summed E-state index contributed by atoms with van der Waals surface area (Å²) in [5, 5.41) is 7.83. The molecule has 5 nitrogen and oxygen atoms in total. The highest BCUT2D eigenvalue weighted by molar-refractivity contribution is 4.81. The predicted octanol–water partition coefficient (Wildman–Crippen LogP) is 1.10. The van der Waals surface area contributed by atoms with Gasteiger partial charge in [-0.3, -0.25) is 0 Å². The van der Waals surface area contributed by atoms with Crippen molar-refractivity contribution in [3.05, 3.63) is 12.2 Å². The van der Waals surface area contributed by atoms with Gasteiger partial charge in [0.05, 0.1) is 6.61 Å². The van der Waals surface area contributed by atoms with Crippen LogP contribution < -0.4 is 5.73 Å². The molecular weight excluding hydrogens is 216 g/mol. The Labute approximate surface area is 102 Å². The second kappa shape index (κ2) is 6.12. The van der Waals surface area contributed by atoms with E-state index in [4.69, 9.17) is 10.5 Å². The Kier molecular flexibility index (Phi) is 4.50. The van der Waals surface area contributed by atoms with Crippen LogP contribution in [0.3, 0.4) is 0 Å². The number of hydrogen-bond donors (Lipinski definition) is 1. The monoisotopic (exact) mass is 238 g/mol. The Hall–Kier alpha value is -0.940. The van der Waals surface area contributed by atoms with Crippen LogP contribution in [0.2, 0.25) is 0 Å². The third kappa shape index (κ3) is 3.26. The Morgan fingerprint density at radius 2 is 2.18 bits per heavy atom. The van der Waals surface area contributed by atoms with Gasteiger partial charge in [-0.05, 0) is 31.2 Å². The number of rotatable bonds is 5. The summed E-state index contributed by atoms with van der Waals surface area (Å²) in [6, 6.07) is 0. The first-order chi connectivity index (χ1) is 8.31. The molecule has 96 valence electrons. The van der Waals surface area contributed by atoms with Crippen molar-refractivity contribution in [2.75, 3.05) is 13.2 Å². The fourth-order valence-corrected chi connectivity index (χ4v) is 2.55. The minimum absolute atomic E-state index is 0.546. The standard InChI is InChI=1S/C12H22N4O/c1-16-9-14-15-12(16)8-17-7-11-5-3-2-4-10(11)6-13/h9-11H,2-8,13H2,1H3. The molecule has 0 bridgehead atoms. The van der Waals surface area contributed by atoms with Crippen LogP contribution in [0.4, 0.5) is 0 Å². The minimum Gasteiger partial charge on any atom is -0.373 e. The van der Waals surface area contributed by atoms with E-state index in [0.29, 0.717) is 18.4 Å². The molecule has 1 heterocycles. The zero-order valence-corrected chi connectivity index (χ0v) is 10.5. The smallest absolute Gasteiger partial charge is 0.158 e. The number of aryl methyl sites for hydroxylation is 1. The van der Waals surface area contributed by atoms with E-state index < -0.39 is 0 Å². The Morgan fingerprint density at radius 3 is 2.82 bits per heavy atom. The lowest BCUT2D eigenvalue weighted by atomic mass is 9.80. The van der Waals surface area contributed by atoms with Crippen molar-refractivity contribution in [1.82, 2.24) is 14.8 Å². The van der Waals surface area contributed by atoms with E-state index in [1.807, 2.05) is 11.6 Å². The van der Waals surface area contributed by atoms with Gasteiger partial charge in [-0.1, -0.05) is 12.8 Å². The van der Waals surface area contributed by atoms with Crippen LogP contribution in [-0.4, -0.2) is 27.9 Å². The second-order valence-corrected chi connectivity index (χ2v) is 4.91. The lowest BCUT2D eigenvalue weighted by molar-refractivity contribution is 0.0469. The normalized spacial score (nSPS) is 25.1. The second-order valence-electron chi connectivity index (χ2n) is 4.91. The molecule has 0 amide bonds. The molecule has 0 spiro atoms. The van der Waals surface area contributed by atoms with Gasteiger partial charge in [0.15, 0.2) is 5.82 Å². The van der Waals surface area contributed by atoms with Gasteiger partial charge in [-0.25, -0.2) is 0 Å². The average molecular weight is 238 g/mol. The Morgan fingerprint density at radius 1 is 1.41 bits per heavy atom. The molecule has 0 radical (unpaired) electrons. The first-order valence-corrected chi connectivity index (χ1v) is 6.42. The van der Waals surface area contributed by atoms with E-state index >= 15 is 0 Å². The van der Waals surface area contributed by atoms with E-state index in [1.165, 1.54) is 25.7 Å². The maximum absolute atomic E-state index is 5.80.